The lowest BCUT2D eigenvalue weighted by molar-refractivity contribution is -0.120. The molecular formula is C24H28N4O2. The molecule has 0 atom stereocenters. The predicted octanol–water partition coefficient (Wildman–Crippen LogP) is 3.58. The highest BCUT2D eigenvalue weighted by atomic mass is 16.5. The molecule has 0 fully saturated rings. The van der Waals surface area contributed by atoms with E-state index in [1.54, 1.807) is 0 Å². The van der Waals surface area contributed by atoms with Crippen LogP contribution in [0.1, 0.15) is 36.6 Å². The summed E-state index contributed by atoms with van der Waals surface area (Å²) in [4.78, 5) is 16.5. The average Bonchev–Trinajstić information content (AvgIpc) is 3.15. The Bertz CT molecular complexity index is 980. The Morgan fingerprint density at radius 2 is 1.87 bits per heavy atom. The Kier molecular flexibility index (Phi) is 6.42. The van der Waals surface area contributed by atoms with Gasteiger partial charge in [-0.05, 0) is 62.4 Å². The molecule has 6 heteroatoms. The van der Waals surface area contributed by atoms with Gasteiger partial charge in [0.2, 0.25) is 5.91 Å². The zero-order chi connectivity index (χ0) is 20.8. The minimum Gasteiger partial charge on any atom is -0.494 e. The Morgan fingerprint density at radius 1 is 1.10 bits per heavy atom. The van der Waals surface area contributed by atoms with Crippen LogP contribution in [0, 0.1) is 0 Å². The van der Waals surface area contributed by atoms with E-state index in [2.05, 4.69) is 15.0 Å². The minimum atomic E-state index is 0.0227. The van der Waals surface area contributed by atoms with Gasteiger partial charge >= 0.3 is 0 Å². The van der Waals surface area contributed by atoms with Crippen LogP contribution in [0.4, 0.5) is 0 Å². The first-order valence-corrected chi connectivity index (χ1v) is 10.7. The minimum absolute atomic E-state index is 0.0227. The Morgan fingerprint density at radius 3 is 2.63 bits per heavy atom. The highest BCUT2D eigenvalue weighted by Crippen LogP contribution is 2.30. The summed E-state index contributed by atoms with van der Waals surface area (Å²) in [6.07, 6.45) is 8.50. The smallest absolute Gasteiger partial charge is 0.224 e. The fourth-order valence-corrected chi connectivity index (χ4v) is 4.02. The molecule has 0 saturated carbocycles. The second-order valence-corrected chi connectivity index (χ2v) is 7.54. The van der Waals surface area contributed by atoms with E-state index in [4.69, 9.17) is 9.84 Å². The molecule has 1 aromatic carbocycles. The molecule has 1 N–H and O–H groups in total. The van der Waals surface area contributed by atoms with E-state index in [-0.39, 0.29) is 5.91 Å². The van der Waals surface area contributed by atoms with Gasteiger partial charge in [-0.3, -0.25) is 14.5 Å². The maximum atomic E-state index is 12.3. The Hall–Kier alpha value is -3.15. The van der Waals surface area contributed by atoms with E-state index >= 15 is 0 Å². The molecule has 0 bridgehead atoms. The number of rotatable bonds is 8. The quantitative estimate of drug-likeness (QED) is 0.623. The van der Waals surface area contributed by atoms with E-state index in [1.165, 1.54) is 24.1 Å². The normalized spacial score (nSPS) is 13.0. The number of nitrogens with one attached hydrogen (secondary N) is 1. The highest BCUT2D eigenvalue weighted by Gasteiger charge is 2.21. The van der Waals surface area contributed by atoms with Crippen LogP contribution in [0.25, 0.3) is 11.3 Å². The Balaban J connectivity index is 1.37. The van der Waals surface area contributed by atoms with Gasteiger partial charge in [0, 0.05) is 35.8 Å². The summed E-state index contributed by atoms with van der Waals surface area (Å²) in [7, 11) is 0. The van der Waals surface area contributed by atoms with Crippen molar-refractivity contribution < 1.29 is 9.53 Å². The van der Waals surface area contributed by atoms with Crippen molar-refractivity contribution in [2.24, 2.45) is 0 Å². The molecule has 6 nitrogen and oxygen atoms in total. The summed E-state index contributed by atoms with van der Waals surface area (Å²) < 4.78 is 7.53. The summed E-state index contributed by atoms with van der Waals surface area (Å²) in [5, 5.41) is 7.93. The van der Waals surface area contributed by atoms with Crippen molar-refractivity contribution in [1.82, 2.24) is 20.1 Å². The topological polar surface area (TPSA) is 69.0 Å². The number of ether oxygens (including phenoxy) is 1. The van der Waals surface area contributed by atoms with Gasteiger partial charge in [0.15, 0.2) is 0 Å². The number of carbonyl (C=O) groups is 1. The molecule has 0 unspecified atom stereocenters. The lowest BCUT2D eigenvalue weighted by atomic mass is 9.94. The van der Waals surface area contributed by atoms with E-state index in [0.717, 1.165) is 35.4 Å². The standard InChI is InChI=1S/C24H28N4O2/c1-2-30-20-9-7-18(8-10-20)17-23(29)26-15-16-28-22-6-4-3-5-21(22)24(27-28)19-11-13-25-14-12-19/h7-14H,2-6,15-17H2,1H3,(H,26,29). The number of pyridine rings is 1. The largest absolute Gasteiger partial charge is 0.494 e. The first-order chi connectivity index (χ1) is 14.7. The number of nitrogens with zero attached hydrogens (tertiary/aromatic N) is 3. The monoisotopic (exact) mass is 404 g/mol. The van der Waals surface area contributed by atoms with Gasteiger partial charge in [-0.2, -0.15) is 5.10 Å². The number of benzene rings is 1. The maximum Gasteiger partial charge on any atom is 0.224 e. The number of hydrogen-bond donors (Lipinski definition) is 1. The molecule has 2 aromatic heterocycles. The van der Waals surface area contributed by atoms with Crippen LogP contribution in [-0.4, -0.2) is 33.8 Å². The number of carbonyl (C=O) groups excluding carboxylic acids is 1. The van der Waals surface area contributed by atoms with Crippen molar-refractivity contribution in [3.63, 3.8) is 0 Å². The van der Waals surface area contributed by atoms with Crippen LogP contribution >= 0.6 is 0 Å². The summed E-state index contributed by atoms with van der Waals surface area (Å²) in [5.74, 6) is 0.852. The van der Waals surface area contributed by atoms with Crippen LogP contribution in [0.3, 0.4) is 0 Å². The first kappa shape index (κ1) is 20.1. The first-order valence-electron chi connectivity index (χ1n) is 10.7. The van der Waals surface area contributed by atoms with Crippen molar-refractivity contribution in [2.75, 3.05) is 13.2 Å². The highest BCUT2D eigenvalue weighted by molar-refractivity contribution is 5.78. The lowest BCUT2D eigenvalue weighted by Crippen LogP contribution is -2.29. The molecule has 0 spiro atoms. The molecule has 156 valence electrons. The second-order valence-electron chi connectivity index (χ2n) is 7.54. The fourth-order valence-electron chi connectivity index (χ4n) is 4.02. The molecule has 4 rings (SSSR count). The van der Waals surface area contributed by atoms with Gasteiger partial charge in [-0.15, -0.1) is 0 Å². The average molecular weight is 405 g/mol. The van der Waals surface area contributed by atoms with Gasteiger partial charge in [0.25, 0.3) is 0 Å². The van der Waals surface area contributed by atoms with Crippen molar-refractivity contribution in [3.05, 3.63) is 65.6 Å². The summed E-state index contributed by atoms with van der Waals surface area (Å²) >= 11 is 0. The molecule has 1 aliphatic rings. The van der Waals surface area contributed by atoms with E-state index < -0.39 is 0 Å². The molecule has 1 aliphatic carbocycles. The molecule has 1 amide bonds. The fraction of sp³-hybridized carbons (Fsp3) is 0.375. The van der Waals surface area contributed by atoms with Gasteiger partial charge in [0.05, 0.1) is 25.3 Å². The number of fused-ring (bicyclic) bond motifs is 1. The third kappa shape index (κ3) is 4.70. The van der Waals surface area contributed by atoms with Crippen LogP contribution in [0.15, 0.2) is 48.8 Å². The van der Waals surface area contributed by atoms with Gasteiger partial charge < -0.3 is 10.1 Å². The van der Waals surface area contributed by atoms with Gasteiger partial charge in [0.1, 0.15) is 5.75 Å². The SMILES string of the molecule is CCOc1ccc(CC(=O)NCCn2nc(-c3ccncc3)c3c2CCCC3)cc1. The van der Waals surface area contributed by atoms with Crippen molar-refractivity contribution in [2.45, 2.75) is 45.6 Å². The van der Waals surface area contributed by atoms with Gasteiger partial charge in [-0.1, -0.05) is 12.1 Å². The van der Waals surface area contributed by atoms with Crippen molar-refractivity contribution >= 4 is 5.91 Å². The van der Waals surface area contributed by atoms with Crippen LogP contribution in [-0.2, 0) is 30.6 Å². The molecular weight excluding hydrogens is 376 g/mol. The molecule has 30 heavy (non-hydrogen) atoms. The number of hydrogen-bond acceptors (Lipinski definition) is 4. The third-order valence-corrected chi connectivity index (χ3v) is 5.46. The van der Waals surface area contributed by atoms with Crippen molar-refractivity contribution in [1.29, 1.82) is 0 Å². The second kappa shape index (κ2) is 9.57. The molecule has 0 saturated heterocycles. The third-order valence-electron chi connectivity index (χ3n) is 5.46. The lowest BCUT2D eigenvalue weighted by Gasteiger charge is -2.14. The van der Waals surface area contributed by atoms with E-state index in [1.807, 2.05) is 55.7 Å². The van der Waals surface area contributed by atoms with Gasteiger partial charge in [-0.25, -0.2) is 0 Å². The Labute approximate surface area is 177 Å². The summed E-state index contributed by atoms with van der Waals surface area (Å²) in [6, 6.07) is 11.7. The summed E-state index contributed by atoms with van der Waals surface area (Å²) in [6.45, 7) is 3.85. The van der Waals surface area contributed by atoms with E-state index in [9.17, 15) is 4.79 Å². The molecule has 0 aliphatic heterocycles. The zero-order valence-electron chi connectivity index (χ0n) is 17.4. The van der Waals surface area contributed by atoms with Crippen LogP contribution in [0.5, 0.6) is 5.75 Å². The van der Waals surface area contributed by atoms with Crippen molar-refractivity contribution in [3.8, 4) is 17.0 Å². The molecule has 0 radical (unpaired) electrons. The zero-order valence-corrected chi connectivity index (χ0v) is 17.4. The maximum absolute atomic E-state index is 12.3. The number of aromatic nitrogens is 3. The molecule has 2 heterocycles. The number of amides is 1. The van der Waals surface area contributed by atoms with Crippen LogP contribution in [0.2, 0.25) is 0 Å². The summed E-state index contributed by atoms with van der Waals surface area (Å²) in [5.41, 5.74) is 5.82. The van der Waals surface area contributed by atoms with Crippen LogP contribution < -0.4 is 10.1 Å². The molecule has 3 aromatic rings. The van der Waals surface area contributed by atoms with E-state index in [0.29, 0.717) is 26.1 Å². The predicted molar refractivity (Wildman–Crippen MR) is 116 cm³/mol.